The van der Waals surface area contributed by atoms with E-state index >= 15 is 0 Å². The average molecular weight is 404 g/mol. The average Bonchev–Trinajstić information content (AvgIpc) is 3.02. The monoisotopic (exact) mass is 404 g/mol. The van der Waals surface area contributed by atoms with Gasteiger partial charge in [-0.3, -0.25) is 24.2 Å². The van der Waals surface area contributed by atoms with Crippen molar-refractivity contribution in [2.45, 2.75) is 0 Å². The van der Waals surface area contributed by atoms with Crippen molar-refractivity contribution in [3.63, 3.8) is 0 Å². The summed E-state index contributed by atoms with van der Waals surface area (Å²) in [6, 6.07) is 18.3. The molecule has 4 rings (SSSR count). The van der Waals surface area contributed by atoms with E-state index in [0.29, 0.717) is 11.3 Å². The molecule has 3 aromatic rings. The van der Waals surface area contributed by atoms with Gasteiger partial charge in [-0.15, -0.1) is 0 Å². The molecule has 1 aliphatic heterocycles. The molecule has 0 fully saturated rings. The van der Waals surface area contributed by atoms with Gasteiger partial charge in [0, 0.05) is 11.3 Å². The molecule has 0 spiro atoms. The minimum Gasteiger partial charge on any atom is -0.497 e. The number of rotatable bonds is 5. The number of anilines is 1. The number of benzene rings is 3. The van der Waals surface area contributed by atoms with Gasteiger partial charge in [0.1, 0.15) is 18.2 Å². The third-order valence-corrected chi connectivity index (χ3v) is 4.86. The van der Waals surface area contributed by atoms with Gasteiger partial charge in [0.05, 0.1) is 18.2 Å². The summed E-state index contributed by atoms with van der Waals surface area (Å²) in [4.78, 5) is 40.9. The highest BCUT2D eigenvalue weighted by atomic mass is 19.1. The molecule has 0 aromatic heterocycles. The van der Waals surface area contributed by atoms with Crippen molar-refractivity contribution in [1.29, 1.82) is 0 Å². The van der Waals surface area contributed by atoms with Gasteiger partial charge in [0.15, 0.2) is 0 Å². The molecule has 0 N–H and O–H groups in total. The van der Waals surface area contributed by atoms with Crippen LogP contribution in [0, 0.1) is 5.82 Å². The third-order valence-electron chi connectivity index (χ3n) is 4.86. The molecule has 0 saturated heterocycles. The van der Waals surface area contributed by atoms with Gasteiger partial charge in [-0.05, 0) is 54.6 Å². The molecular weight excluding hydrogens is 387 g/mol. The van der Waals surface area contributed by atoms with Crippen LogP contribution in [-0.4, -0.2) is 36.4 Å². The largest absolute Gasteiger partial charge is 0.497 e. The number of methoxy groups -OCH3 is 1. The van der Waals surface area contributed by atoms with Crippen LogP contribution in [0.4, 0.5) is 10.1 Å². The Bertz CT molecular complexity index is 1110. The fourth-order valence-electron chi connectivity index (χ4n) is 3.31. The normalized spacial score (nSPS) is 12.7. The summed E-state index contributed by atoms with van der Waals surface area (Å²) in [6.07, 6.45) is 0. The first-order valence-electron chi connectivity index (χ1n) is 9.16. The molecule has 0 saturated carbocycles. The molecule has 1 aliphatic rings. The predicted octanol–water partition coefficient (Wildman–Crippen LogP) is 3.73. The molecule has 0 unspecified atom stereocenters. The van der Waals surface area contributed by atoms with Crippen LogP contribution in [0.15, 0.2) is 72.8 Å². The van der Waals surface area contributed by atoms with E-state index in [4.69, 9.17) is 4.74 Å². The van der Waals surface area contributed by atoms with Crippen molar-refractivity contribution in [2.75, 3.05) is 18.7 Å². The zero-order valence-electron chi connectivity index (χ0n) is 16.0. The summed E-state index contributed by atoms with van der Waals surface area (Å²) < 4.78 is 19.0. The van der Waals surface area contributed by atoms with E-state index in [2.05, 4.69) is 0 Å². The Morgan fingerprint density at radius 2 is 1.57 bits per heavy atom. The maximum absolute atomic E-state index is 13.9. The van der Waals surface area contributed by atoms with Gasteiger partial charge in [-0.2, -0.15) is 0 Å². The van der Waals surface area contributed by atoms with Gasteiger partial charge >= 0.3 is 0 Å². The van der Waals surface area contributed by atoms with Crippen LogP contribution in [-0.2, 0) is 0 Å². The van der Waals surface area contributed by atoms with Crippen molar-refractivity contribution in [1.82, 2.24) is 4.90 Å². The van der Waals surface area contributed by atoms with E-state index in [1.54, 1.807) is 54.6 Å². The van der Waals surface area contributed by atoms with Gasteiger partial charge in [0.25, 0.3) is 17.7 Å². The summed E-state index contributed by atoms with van der Waals surface area (Å²) in [6.45, 7) is -0.347. The Morgan fingerprint density at radius 1 is 0.933 bits per heavy atom. The van der Waals surface area contributed by atoms with Crippen molar-refractivity contribution in [2.24, 2.45) is 0 Å². The van der Waals surface area contributed by atoms with E-state index < -0.39 is 23.5 Å². The van der Waals surface area contributed by atoms with Crippen molar-refractivity contribution >= 4 is 23.4 Å². The molecule has 7 heteroatoms. The van der Waals surface area contributed by atoms with Gasteiger partial charge in [-0.1, -0.05) is 18.2 Å². The van der Waals surface area contributed by atoms with Crippen molar-refractivity contribution < 1.29 is 23.5 Å². The van der Waals surface area contributed by atoms with Crippen LogP contribution in [0.3, 0.4) is 0 Å². The van der Waals surface area contributed by atoms with Crippen LogP contribution in [0.2, 0.25) is 0 Å². The Kier molecular flexibility index (Phi) is 5.02. The Morgan fingerprint density at radius 3 is 2.13 bits per heavy atom. The first-order chi connectivity index (χ1) is 14.5. The lowest BCUT2D eigenvalue weighted by molar-refractivity contribution is 0.0650. The fraction of sp³-hybridized carbons (Fsp3) is 0.0870. The highest BCUT2D eigenvalue weighted by molar-refractivity contribution is 6.22. The van der Waals surface area contributed by atoms with Gasteiger partial charge in [-0.25, -0.2) is 4.39 Å². The van der Waals surface area contributed by atoms with Gasteiger partial charge in [0.2, 0.25) is 0 Å². The first-order valence-corrected chi connectivity index (χ1v) is 9.16. The van der Waals surface area contributed by atoms with Crippen molar-refractivity contribution in [3.8, 4) is 5.75 Å². The second-order valence-electron chi connectivity index (χ2n) is 6.67. The van der Waals surface area contributed by atoms with Crippen LogP contribution in [0.5, 0.6) is 5.75 Å². The molecule has 0 radical (unpaired) electrons. The Labute approximate surface area is 172 Å². The number of hydrogen-bond donors (Lipinski definition) is 0. The van der Waals surface area contributed by atoms with Crippen LogP contribution >= 0.6 is 0 Å². The minimum absolute atomic E-state index is 0.229. The number of nitrogens with zero attached hydrogens (tertiary/aromatic N) is 2. The number of carbonyl (C=O) groups is 3. The lowest BCUT2D eigenvalue weighted by Gasteiger charge is -2.27. The Hall–Kier alpha value is -4.00. The third kappa shape index (κ3) is 3.41. The molecular formula is C23H17FN2O4. The smallest absolute Gasteiger partial charge is 0.263 e. The lowest BCUT2D eigenvalue weighted by Crippen LogP contribution is -2.44. The zero-order valence-corrected chi connectivity index (χ0v) is 16.0. The highest BCUT2D eigenvalue weighted by Crippen LogP contribution is 2.26. The van der Waals surface area contributed by atoms with Gasteiger partial charge < -0.3 is 4.74 Å². The molecule has 3 aromatic carbocycles. The molecule has 0 atom stereocenters. The number of imide groups is 1. The molecule has 150 valence electrons. The van der Waals surface area contributed by atoms with Crippen LogP contribution < -0.4 is 9.64 Å². The molecule has 30 heavy (non-hydrogen) atoms. The Balaban J connectivity index is 1.70. The van der Waals surface area contributed by atoms with E-state index in [9.17, 15) is 18.8 Å². The van der Waals surface area contributed by atoms with Crippen LogP contribution in [0.1, 0.15) is 31.1 Å². The minimum atomic E-state index is -0.539. The summed E-state index contributed by atoms with van der Waals surface area (Å²) >= 11 is 0. The van der Waals surface area contributed by atoms with E-state index in [1.807, 2.05) is 0 Å². The quantitative estimate of drug-likeness (QED) is 0.608. The molecule has 0 bridgehead atoms. The standard InChI is InChI=1S/C23H17FN2O4/c1-30-18-11-9-15(10-12-18)21(27)25(17-6-4-5-16(24)13-17)14-26-22(28)19-7-2-3-8-20(19)23(26)29/h2-13H,14H2,1H3. The maximum atomic E-state index is 13.9. The fourth-order valence-corrected chi connectivity index (χ4v) is 3.31. The topological polar surface area (TPSA) is 66.9 Å². The second kappa shape index (κ2) is 7.79. The summed E-state index contributed by atoms with van der Waals surface area (Å²) in [7, 11) is 1.51. The first kappa shape index (κ1) is 19.3. The number of amides is 3. The van der Waals surface area contributed by atoms with E-state index in [1.165, 1.54) is 30.2 Å². The second-order valence-corrected chi connectivity index (χ2v) is 6.67. The summed E-state index contributed by atoms with van der Waals surface area (Å²) in [5.41, 5.74) is 1.08. The number of carbonyl (C=O) groups excluding carboxylic acids is 3. The number of ether oxygens (including phenoxy) is 1. The number of hydrogen-bond acceptors (Lipinski definition) is 4. The SMILES string of the molecule is COc1ccc(C(=O)N(CN2C(=O)c3ccccc3C2=O)c2cccc(F)c2)cc1. The predicted molar refractivity (Wildman–Crippen MR) is 108 cm³/mol. The van der Waals surface area contributed by atoms with E-state index in [-0.39, 0.29) is 23.5 Å². The summed E-state index contributed by atoms with van der Waals surface area (Å²) in [5.74, 6) is -1.45. The number of halogens is 1. The molecule has 6 nitrogen and oxygen atoms in total. The molecule has 0 aliphatic carbocycles. The number of fused-ring (bicyclic) bond motifs is 1. The highest BCUT2D eigenvalue weighted by Gasteiger charge is 2.37. The lowest BCUT2D eigenvalue weighted by atomic mass is 10.1. The summed E-state index contributed by atoms with van der Waals surface area (Å²) in [5, 5.41) is 0. The van der Waals surface area contributed by atoms with Crippen LogP contribution in [0.25, 0.3) is 0 Å². The maximum Gasteiger partial charge on any atom is 0.263 e. The molecule has 1 heterocycles. The van der Waals surface area contributed by atoms with E-state index in [0.717, 1.165) is 4.90 Å². The van der Waals surface area contributed by atoms with Crippen molar-refractivity contribution in [3.05, 3.63) is 95.3 Å². The molecule has 3 amide bonds. The zero-order chi connectivity index (χ0) is 21.3.